The lowest BCUT2D eigenvalue weighted by atomic mass is 10.1. The van der Waals surface area contributed by atoms with Crippen LogP contribution in [-0.4, -0.2) is 47.4 Å². The molecule has 0 saturated carbocycles. The zero-order valence-electron chi connectivity index (χ0n) is 17.6. The molecule has 0 aliphatic heterocycles. The van der Waals surface area contributed by atoms with Crippen LogP contribution in [0.3, 0.4) is 0 Å². The zero-order chi connectivity index (χ0) is 22.0. The van der Waals surface area contributed by atoms with Crippen molar-refractivity contribution in [3.63, 3.8) is 0 Å². The second kappa shape index (κ2) is 8.80. The van der Waals surface area contributed by atoms with Crippen LogP contribution >= 0.6 is 0 Å². The van der Waals surface area contributed by atoms with Crippen LogP contribution in [0.5, 0.6) is 0 Å². The van der Waals surface area contributed by atoms with E-state index in [0.29, 0.717) is 12.2 Å². The van der Waals surface area contributed by atoms with Crippen molar-refractivity contribution in [1.82, 2.24) is 29.6 Å². The Morgan fingerprint density at radius 2 is 1.94 bits per heavy atom. The molecule has 0 radical (unpaired) electrons. The molecule has 4 rings (SSSR count). The van der Waals surface area contributed by atoms with E-state index >= 15 is 0 Å². The summed E-state index contributed by atoms with van der Waals surface area (Å²) in [6, 6.07) is 9.99. The molecule has 0 saturated heterocycles. The summed E-state index contributed by atoms with van der Waals surface area (Å²) in [6.07, 6.45) is 3.77. The number of benzene rings is 1. The molecule has 0 aliphatic carbocycles. The molecule has 10 heteroatoms. The highest BCUT2D eigenvalue weighted by atomic mass is 16.3. The molecule has 1 atom stereocenters. The first-order chi connectivity index (χ1) is 15.0. The Hall–Kier alpha value is -3.34. The molecule has 1 unspecified atom stereocenters. The number of nitrogen functional groups attached to an aromatic ring is 1. The fraction of sp³-hybridized carbons (Fsp3) is 0.333. The minimum Gasteiger partial charge on any atom is -0.391 e. The molecule has 6 N–H and O–H groups in total. The van der Waals surface area contributed by atoms with Crippen molar-refractivity contribution in [3.8, 4) is 5.69 Å². The van der Waals surface area contributed by atoms with Gasteiger partial charge in [0, 0.05) is 31.8 Å². The van der Waals surface area contributed by atoms with Gasteiger partial charge in [0.2, 0.25) is 0 Å². The van der Waals surface area contributed by atoms with Gasteiger partial charge in [0.05, 0.1) is 23.2 Å². The summed E-state index contributed by atoms with van der Waals surface area (Å²) in [5.74, 6) is 6.41. The quantitative estimate of drug-likeness (QED) is 0.243. The van der Waals surface area contributed by atoms with E-state index in [9.17, 15) is 5.11 Å². The van der Waals surface area contributed by atoms with Crippen LogP contribution in [0, 0.1) is 0 Å². The predicted octanol–water partition coefficient (Wildman–Crippen LogP) is 1.01. The third kappa shape index (κ3) is 4.26. The summed E-state index contributed by atoms with van der Waals surface area (Å²) in [5.41, 5.74) is 13.3. The van der Waals surface area contributed by atoms with E-state index in [1.54, 1.807) is 10.9 Å². The maximum atomic E-state index is 10.0. The lowest BCUT2D eigenvalue weighted by Gasteiger charge is -2.11. The number of nitrogens with two attached hydrogens (primary N) is 2. The van der Waals surface area contributed by atoms with Crippen molar-refractivity contribution >= 4 is 11.0 Å². The van der Waals surface area contributed by atoms with Crippen molar-refractivity contribution in [2.75, 3.05) is 12.1 Å². The van der Waals surface area contributed by atoms with Crippen molar-refractivity contribution in [3.05, 3.63) is 65.5 Å². The van der Waals surface area contributed by atoms with Gasteiger partial charge >= 0.3 is 0 Å². The van der Waals surface area contributed by atoms with E-state index in [2.05, 4.69) is 20.7 Å². The van der Waals surface area contributed by atoms with E-state index in [1.165, 1.54) is 4.79 Å². The molecule has 3 aromatic heterocycles. The third-order valence-electron chi connectivity index (χ3n) is 5.10. The van der Waals surface area contributed by atoms with Crippen molar-refractivity contribution in [2.45, 2.75) is 38.7 Å². The van der Waals surface area contributed by atoms with Crippen LogP contribution < -0.4 is 17.1 Å². The number of aliphatic hydroxyl groups is 1. The Bertz CT molecular complexity index is 1150. The molecule has 162 valence electrons. The summed E-state index contributed by atoms with van der Waals surface area (Å²) >= 11 is 0. The minimum atomic E-state index is -0.705. The fourth-order valence-corrected chi connectivity index (χ4v) is 3.53. The Morgan fingerprint density at radius 1 is 1.16 bits per heavy atom. The summed E-state index contributed by atoms with van der Waals surface area (Å²) in [4.78, 5) is 10.9. The van der Waals surface area contributed by atoms with Crippen molar-refractivity contribution in [1.29, 1.82) is 0 Å². The average Bonchev–Trinajstić information content (AvgIpc) is 3.42. The monoisotopic (exact) mass is 421 g/mol. The molecule has 3 heterocycles. The van der Waals surface area contributed by atoms with Gasteiger partial charge in [0.15, 0.2) is 0 Å². The number of hydrogen-bond acceptors (Lipinski definition) is 8. The molecule has 1 aromatic carbocycles. The third-order valence-corrected chi connectivity index (χ3v) is 5.10. The number of fused-ring (bicyclic) bond motifs is 1. The Kier molecular flexibility index (Phi) is 5.94. The Labute approximate surface area is 179 Å². The van der Waals surface area contributed by atoms with Crippen LogP contribution in [0.1, 0.15) is 42.5 Å². The van der Waals surface area contributed by atoms with E-state index in [1.807, 2.05) is 50.4 Å². The number of hydrazine groups is 1. The van der Waals surface area contributed by atoms with Gasteiger partial charge in [-0.2, -0.15) is 15.0 Å². The summed E-state index contributed by atoms with van der Waals surface area (Å²) in [5, 5.41) is 18.9. The van der Waals surface area contributed by atoms with Gasteiger partial charge in [-0.05, 0) is 29.7 Å². The van der Waals surface area contributed by atoms with Gasteiger partial charge < -0.3 is 10.8 Å². The average molecular weight is 422 g/mol. The van der Waals surface area contributed by atoms with E-state index in [0.717, 1.165) is 33.7 Å². The number of nitrogens with zero attached hydrogens (tertiary/aromatic N) is 6. The van der Waals surface area contributed by atoms with Gasteiger partial charge in [0.25, 0.3) is 0 Å². The van der Waals surface area contributed by atoms with Gasteiger partial charge in [-0.25, -0.2) is 26.0 Å². The highest BCUT2D eigenvalue weighted by Crippen LogP contribution is 2.26. The number of rotatable bonds is 8. The van der Waals surface area contributed by atoms with Gasteiger partial charge in [-0.15, -0.1) is 0 Å². The minimum absolute atomic E-state index is 0.139. The molecule has 0 aliphatic rings. The summed E-state index contributed by atoms with van der Waals surface area (Å²) in [6.45, 7) is 4.24. The first-order valence-corrected chi connectivity index (χ1v) is 10.2. The topological polar surface area (TPSA) is 146 Å². The second-order valence-electron chi connectivity index (χ2n) is 7.75. The zero-order valence-corrected chi connectivity index (χ0v) is 17.6. The molecule has 4 aromatic rings. The Morgan fingerprint density at radius 3 is 2.55 bits per heavy atom. The standard InChI is InChI=1S/C21H27N9O/c1-13(2)19-20-21(30(27-19)28-23)17(25-18(26-20)11-16(31)12-22)10-14-4-6-15(7-5-14)29-9-3-8-24-29/h3-9,13,16,28,31H,10-12,22-23H2,1-2H3. The molecule has 31 heavy (non-hydrogen) atoms. The van der Waals surface area contributed by atoms with Gasteiger partial charge in [-0.3, -0.25) is 0 Å². The number of hydrogen-bond donors (Lipinski definition) is 4. The van der Waals surface area contributed by atoms with Crippen molar-refractivity contribution in [2.24, 2.45) is 11.6 Å². The maximum absolute atomic E-state index is 10.0. The molecule has 0 amide bonds. The Balaban J connectivity index is 1.77. The van der Waals surface area contributed by atoms with E-state index in [-0.39, 0.29) is 18.9 Å². The van der Waals surface area contributed by atoms with Crippen LogP contribution in [0.4, 0.5) is 0 Å². The van der Waals surface area contributed by atoms with Crippen LogP contribution in [-0.2, 0) is 12.8 Å². The summed E-state index contributed by atoms with van der Waals surface area (Å²) < 4.78 is 1.81. The first-order valence-electron chi connectivity index (χ1n) is 10.2. The molecular weight excluding hydrogens is 394 g/mol. The predicted molar refractivity (Wildman–Crippen MR) is 118 cm³/mol. The van der Waals surface area contributed by atoms with Crippen LogP contribution in [0.2, 0.25) is 0 Å². The molecule has 0 spiro atoms. The number of aliphatic hydroxyl groups excluding tert-OH is 1. The largest absolute Gasteiger partial charge is 0.391 e. The highest BCUT2D eigenvalue weighted by molar-refractivity contribution is 5.81. The van der Waals surface area contributed by atoms with Crippen molar-refractivity contribution < 1.29 is 5.11 Å². The maximum Gasteiger partial charge on any atom is 0.134 e. The molecule has 0 fully saturated rings. The van der Waals surface area contributed by atoms with Gasteiger partial charge in [-0.1, -0.05) is 26.0 Å². The normalized spacial score (nSPS) is 12.6. The van der Waals surface area contributed by atoms with E-state index in [4.69, 9.17) is 16.6 Å². The lowest BCUT2D eigenvalue weighted by Crippen LogP contribution is -2.25. The van der Waals surface area contributed by atoms with Gasteiger partial charge in [0.1, 0.15) is 16.9 Å². The first kappa shape index (κ1) is 20.9. The lowest BCUT2D eigenvalue weighted by molar-refractivity contribution is 0.181. The van der Waals surface area contributed by atoms with Crippen LogP contribution in [0.15, 0.2) is 42.7 Å². The second-order valence-corrected chi connectivity index (χ2v) is 7.75. The number of aromatic nitrogens is 6. The fourth-order valence-electron chi connectivity index (χ4n) is 3.53. The SMILES string of the molecule is CC(C)c1nn(NN)c2c(Cc3ccc(-n4cccn4)cc3)nc(CC(O)CN)nc12. The molecular formula is C21H27N9O. The molecule has 0 bridgehead atoms. The number of nitrogens with one attached hydrogen (secondary N) is 1. The van der Waals surface area contributed by atoms with Crippen LogP contribution in [0.25, 0.3) is 16.7 Å². The smallest absolute Gasteiger partial charge is 0.134 e. The summed E-state index contributed by atoms with van der Waals surface area (Å²) in [7, 11) is 0. The highest BCUT2D eigenvalue weighted by Gasteiger charge is 2.21. The van der Waals surface area contributed by atoms with E-state index < -0.39 is 6.10 Å². The molecule has 10 nitrogen and oxygen atoms in total.